The first-order chi connectivity index (χ1) is 14.6. The number of imide groups is 1. The van der Waals surface area contributed by atoms with Crippen LogP contribution < -0.4 is 4.90 Å². The van der Waals surface area contributed by atoms with E-state index >= 15 is 0 Å². The number of anilines is 1. The second kappa shape index (κ2) is 6.64. The van der Waals surface area contributed by atoms with E-state index in [4.69, 9.17) is 11.6 Å². The van der Waals surface area contributed by atoms with Gasteiger partial charge in [0.2, 0.25) is 5.91 Å². The lowest BCUT2D eigenvalue weighted by molar-refractivity contribution is -0.126. The molecule has 0 spiro atoms. The summed E-state index contributed by atoms with van der Waals surface area (Å²) in [7, 11) is 0. The number of hydrogen-bond acceptors (Lipinski definition) is 4. The van der Waals surface area contributed by atoms with Crippen LogP contribution in [0.15, 0.2) is 66.7 Å². The number of fused-ring (bicyclic) bond motifs is 4. The van der Waals surface area contributed by atoms with Gasteiger partial charge in [-0.1, -0.05) is 60.1 Å². The summed E-state index contributed by atoms with van der Waals surface area (Å²) in [5.41, 5.74) is 1.71. The second-order valence-electron chi connectivity index (χ2n) is 8.16. The van der Waals surface area contributed by atoms with Crippen LogP contribution in [0.5, 0.6) is 0 Å². The van der Waals surface area contributed by atoms with Crippen LogP contribution in [0.25, 0.3) is 10.8 Å². The fourth-order valence-corrected chi connectivity index (χ4v) is 5.54. The third-order valence-corrected chi connectivity index (χ3v) is 6.88. The summed E-state index contributed by atoms with van der Waals surface area (Å²) in [6, 6.07) is 20.7. The summed E-state index contributed by atoms with van der Waals surface area (Å²) in [6.07, 6.45) is 0.989. The smallest absolute Gasteiger partial charge is 0.253 e. The van der Waals surface area contributed by atoms with Crippen LogP contribution in [0.3, 0.4) is 0 Å². The zero-order valence-electron chi connectivity index (χ0n) is 16.2. The summed E-state index contributed by atoms with van der Waals surface area (Å²) in [5, 5.41) is 6.94. The van der Waals surface area contributed by atoms with Crippen molar-refractivity contribution < 1.29 is 9.59 Å². The lowest BCUT2D eigenvalue weighted by Crippen LogP contribution is -2.44. The summed E-state index contributed by atoms with van der Waals surface area (Å²) < 4.78 is 0. The Kier molecular flexibility index (Phi) is 4.00. The minimum atomic E-state index is -0.445. The van der Waals surface area contributed by atoms with Crippen molar-refractivity contribution >= 4 is 39.9 Å². The van der Waals surface area contributed by atoms with Gasteiger partial charge in [0, 0.05) is 23.5 Å². The Hall–Kier alpha value is -2.73. The highest BCUT2D eigenvalue weighted by Crippen LogP contribution is 2.49. The minimum absolute atomic E-state index is 0.115. The van der Waals surface area contributed by atoms with Crippen LogP contribution in [-0.4, -0.2) is 41.0 Å². The molecule has 2 amide bonds. The van der Waals surface area contributed by atoms with Crippen molar-refractivity contribution in [3.63, 3.8) is 0 Å². The first-order valence-electron chi connectivity index (χ1n) is 10.3. The molecule has 3 fully saturated rings. The fourth-order valence-electron chi connectivity index (χ4n) is 5.41. The number of hydrogen-bond donors (Lipinski definition) is 0. The van der Waals surface area contributed by atoms with Crippen molar-refractivity contribution in [3.8, 4) is 0 Å². The van der Waals surface area contributed by atoms with Gasteiger partial charge < -0.3 is 0 Å². The van der Waals surface area contributed by atoms with Gasteiger partial charge in [0.25, 0.3) is 5.91 Å². The Labute approximate surface area is 179 Å². The van der Waals surface area contributed by atoms with Crippen LogP contribution in [0.1, 0.15) is 18.0 Å². The minimum Gasteiger partial charge on any atom is -0.274 e. The average molecular weight is 418 g/mol. The van der Waals surface area contributed by atoms with E-state index < -0.39 is 12.0 Å². The Balaban J connectivity index is 1.48. The molecule has 6 heteroatoms. The molecule has 0 aliphatic carbocycles. The number of rotatable bonds is 2. The normalized spacial score (nSPS) is 26.6. The molecule has 0 aromatic heterocycles. The number of halogens is 1. The van der Waals surface area contributed by atoms with Crippen molar-refractivity contribution in [2.75, 3.05) is 18.0 Å². The highest BCUT2D eigenvalue weighted by molar-refractivity contribution is 6.30. The summed E-state index contributed by atoms with van der Waals surface area (Å²) in [4.78, 5) is 28.8. The maximum absolute atomic E-state index is 13.7. The molecule has 3 aliphatic rings. The molecule has 3 atom stereocenters. The van der Waals surface area contributed by atoms with Gasteiger partial charge in [0.15, 0.2) is 0 Å². The van der Waals surface area contributed by atoms with Crippen molar-refractivity contribution in [1.82, 2.24) is 10.0 Å². The van der Waals surface area contributed by atoms with E-state index in [0.717, 1.165) is 35.8 Å². The molecule has 3 aliphatic heterocycles. The summed E-state index contributed by atoms with van der Waals surface area (Å²) in [5.74, 6) is -0.654. The summed E-state index contributed by atoms with van der Waals surface area (Å²) >= 11 is 6.10. The number of hydrazine groups is 1. The van der Waals surface area contributed by atoms with Crippen molar-refractivity contribution in [3.05, 3.63) is 77.3 Å². The van der Waals surface area contributed by atoms with E-state index in [2.05, 4.69) is 10.0 Å². The predicted molar refractivity (Wildman–Crippen MR) is 116 cm³/mol. The molecule has 0 unspecified atom stereocenters. The van der Waals surface area contributed by atoms with E-state index in [0.29, 0.717) is 10.7 Å². The highest BCUT2D eigenvalue weighted by Gasteiger charge is 2.62. The molecule has 3 saturated heterocycles. The first-order valence-corrected chi connectivity index (χ1v) is 10.7. The van der Waals surface area contributed by atoms with Crippen molar-refractivity contribution in [2.45, 2.75) is 18.5 Å². The zero-order valence-corrected chi connectivity index (χ0v) is 17.0. The zero-order chi connectivity index (χ0) is 20.4. The monoisotopic (exact) mass is 417 g/mol. The van der Waals surface area contributed by atoms with E-state index in [-0.39, 0.29) is 17.9 Å². The molecule has 30 heavy (non-hydrogen) atoms. The summed E-state index contributed by atoms with van der Waals surface area (Å²) in [6.45, 7) is 1.66. The fraction of sp³-hybridized carbons (Fsp3) is 0.250. The predicted octanol–water partition coefficient (Wildman–Crippen LogP) is 4.03. The van der Waals surface area contributed by atoms with Gasteiger partial charge in [-0.3, -0.25) is 9.59 Å². The molecule has 0 bridgehead atoms. The molecule has 0 saturated carbocycles. The van der Waals surface area contributed by atoms with Crippen LogP contribution in [-0.2, 0) is 9.59 Å². The maximum Gasteiger partial charge on any atom is 0.253 e. The molecule has 3 heterocycles. The van der Waals surface area contributed by atoms with Crippen molar-refractivity contribution in [2.24, 2.45) is 5.92 Å². The lowest BCUT2D eigenvalue weighted by atomic mass is 9.90. The van der Waals surface area contributed by atoms with Gasteiger partial charge >= 0.3 is 0 Å². The van der Waals surface area contributed by atoms with Crippen LogP contribution >= 0.6 is 11.6 Å². The molecule has 3 aromatic rings. The van der Waals surface area contributed by atoms with E-state index in [1.54, 1.807) is 0 Å². The van der Waals surface area contributed by atoms with Gasteiger partial charge in [-0.25, -0.2) is 14.9 Å². The number of benzene rings is 3. The molecule has 3 aromatic carbocycles. The van der Waals surface area contributed by atoms with Crippen LogP contribution in [0.4, 0.5) is 5.69 Å². The quantitative estimate of drug-likeness (QED) is 0.590. The van der Waals surface area contributed by atoms with Gasteiger partial charge in [-0.2, -0.15) is 0 Å². The number of amides is 2. The SMILES string of the molecule is O=C1[C@@H]2[C@@H](c3ccc(Cl)cc3)N3CCCN3[C@H]2C(=O)N1c1cccc2ccccc12. The Bertz CT molecular complexity index is 1170. The second-order valence-corrected chi connectivity index (χ2v) is 8.59. The molecule has 0 N–H and O–H groups in total. The molecule has 5 nitrogen and oxygen atoms in total. The number of carbonyl (C=O) groups excluding carboxylic acids is 2. The van der Waals surface area contributed by atoms with Crippen LogP contribution in [0.2, 0.25) is 5.02 Å². The molecular formula is C24H20ClN3O2. The van der Waals surface area contributed by atoms with Gasteiger partial charge in [-0.15, -0.1) is 0 Å². The number of nitrogens with zero attached hydrogens (tertiary/aromatic N) is 3. The average Bonchev–Trinajstić information content (AvgIpc) is 3.41. The number of carbonyl (C=O) groups is 2. The highest BCUT2D eigenvalue weighted by atomic mass is 35.5. The third-order valence-electron chi connectivity index (χ3n) is 6.62. The maximum atomic E-state index is 13.7. The Morgan fingerprint density at radius 1 is 0.767 bits per heavy atom. The van der Waals surface area contributed by atoms with E-state index in [1.807, 2.05) is 66.7 Å². The van der Waals surface area contributed by atoms with E-state index in [1.165, 1.54) is 4.90 Å². The molecular weight excluding hydrogens is 398 g/mol. The standard InChI is InChI=1S/C24H20ClN3O2/c25-17-11-9-16(10-12-17)21-20-22(27-14-4-13-26(21)27)24(30)28(23(20)29)19-8-3-6-15-5-1-2-7-18(15)19/h1-3,5-12,20-22H,4,13-14H2/t20-,21-,22-/m1/s1. The van der Waals surface area contributed by atoms with Gasteiger partial charge in [0.1, 0.15) is 6.04 Å². The Morgan fingerprint density at radius 3 is 2.27 bits per heavy atom. The van der Waals surface area contributed by atoms with Gasteiger partial charge in [-0.05, 0) is 35.6 Å². The molecule has 6 rings (SSSR count). The van der Waals surface area contributed by atoms with Crippen LogP contribution in [0, 0.1) is 5.92 Å². The molecule has 0 radical (unpaired) electrons. The van der Waals surface area contributed by atoms with E-state index in [9.17, 15) is 9.59 Å². The Morgan fingerprint density at radius 2 is 1.47 bits per heavy atom. The molecule has 150 valence electrons. The topological polar surface area (TPSA) is 43.9 Å². The lowest BCUT2D eigenvalue weighted by Gasteiger charge is -2.30. The van der Waals surface area contributed by atoms with Gasteiger partial charge in [0.05, 0.1) is 17.6 Å². The van der Waals surface area contributed by atoms with Crippen molar-refractivity contribution in [1.29, 1.82) is 0 Å². The third kappa shape index (κ3) is 2.43. The largest absolute Gasteiger partial charge is 0.274 e. The first kappa shape index (κ1) is 18.1.